The van der Waals surface area contributed by atoms with Crippen LogP contribution in [0.1, 0.15) is 30.9 Å². The highest BCUT2D eigenvalue weighted by atomic mass is 35.5. The van der Waals surface area contributed by atoms with Gasteiger partial charge >= 0.3 is 5.97 Å². The molecule has 0 aromatic heterocycles. The molecule has 0 unspecified atom stereocenters. The Kier molecular flexibility index (Phi) is 8.49. The number of esters is 1. The van der Waals surface area contributed by atoms with Gasteiger partial charge in [-0.15, -0.1) is 0 Å². The summed E-state index contributed by atoms with van der Waals surface area (Å²) in [7, 11) is 1.57. The van der Waals surface area contributed by atoms with Crippen LogP contribution >= 0.6 is 0 Å². The maximum atomic E-state index is 13.3. The average molecular weight is 404 g/mol. The van der Waals surface area contributed by atoms with E-state index in [2.05, 4.69) is 6.92 Å². The number of halogens is 1. The molecule has 1 aliphatic heterocycles. The summed E-state index contributed by atoms with van der Waals surface area (Å²) in [6.45, 7) is 6.17. The molecular formula is C23H30ClNO3. The van der Waals surface area contributed by atoms with Crippen LogP contribution in [0.25, 0.3) is 0 Å². The Bertz CT molecular complexity index is 676. The fourth-order valence-electron chi connectivity index (χ4n) is 3.97. The first-order valence-electron chi connectivity index (χ1n) is 9.87. The van der Waals surface area contributed by atoms with Gasteiger partial charge in [0.2, 0.25) is 5.60 Å². The molecule has 0 bridgehead atoms. The number of quaternary nitrogens is 1. The van der Waals surface area contributed by atoms with Crippen LogP contribution in [0.5, 0.6) is 0 Å². The van der Waals surface area contributed by atoms with Crippen molar-refractivity contribution in [1.82, 2.24) is 0 Å². The standard InChI is InChI=1S/C23H29NO3.ClH/c1-3-24-16-14-19(15-17-24)18-27-22(25)23(26-2,20-10-6-4-7-11-20)21-12-8-5-9-13-21;/h4-13,19H,3,14-18H2,1-2H3;1H. The Balaban J connectivity index is 0.00000280. The largest absolute Gasteiger partial charge is 1.00 e. The van der Waals surface area contributed by atoms with Gasteiger partial charge in [0.15, 0.2) is 0 Å². The second-order valence-electron chi connectivity index (χ2n) is 7.26. The fourth-order valence-corrected chi connectivity index (χ4v) is 3.97. The number of rotatable bonds is 7. The first kappa shape index (κ1) is 22.4. The molecule has 152 valence electrons. The van der Waals surface area contributed by atoms with E-state index in [1.165, 1.54) is 6.54 Å². The minimum absolute atomic E-state index is 0. The van der Waals surface area contributed by atoms with Crippen molar-refractivity contribution in [2.45, 2.75) is 25.4 Å². The number of ether oxygens (including phenoxy) is 2. The van der Waals surface area contributed by atoms with Crippen LogP contribution in [0.3, 0.4) is 0 Å². The van der Waals surface area contributed by atoms with Crippen molar-refractivity contribution in [3.8, 4) is 0 Å². The van der Waals surface area contributed by atoms with E-state index in [9.17, 15) is 4.79 Å². The maximum absolute atomic E-state index is 13.3. The Hall–Kier alpha value is -1.88. The molecule has 4 nitrogen and oxygen atoms in total. The van der Waals surface area contributed by atoms with Gasteiger partial charge in [0.25, 0.3) is 0 Å². The Labute approximate surface area is 174 Å². The minimum atomic E-state index is -1.24. The normalized spacial score (nSPS) is 19.5. The van der Waals surface area contributed by atoms with Crippen molar-refractivity contribution in [3.63, 3.8) is 0 Å². The SMILES string of the molecule is CC[NH+]1CCC(COC(=O)C(OC)(c2ccccc2)c2ccccc2)CC1.[Cl-]. The number of carbonyl (C=O) groups excluding carboxylic acids is 1. The van der Waals surface area contributed by atoms with E-state index < -0.39 is 5.60 Å². The van der Waals surface area contributed by atoms with Crippen molar-refractivity contribution < 1.29 is 31.6 Å². The third-order valence-corrected chi connectivity index (χ3v) is 5.72. The molecule has 0 spiro atoms. The Morgan fingerprint density at radius 3 is 1.93 bits per heavy atom. The van der Waals surface area contributed by atoms with Gasteiger partial charge in [-0.2, -0.15) is 0 Å². The van der Waals surface area contributed by atoms with Gasteiger partial charge in [0, 0.05) is 25.9 Å². The molecule has 2 aromatic carbocycles. The van der Waals surface area contributed by atoms with Crippen LogP contribution in [0, 0.1) is 5.92 Å². The lowest BCUT2D eigenvalue weighted by Gasteiger charge is -2.33. The number of likely N-dealkylation sites (tertiary alicyclic amines) is 1. The second kappa shape index (κ2) is 10.6. The third kappa shape index (κ3) is 4.75. The summed E-state index contributed by atoms with van der Waals surface area (Å²) in [5, 5.41) is 0. The lowest BCUT2D eigenvalue weighted by molar-refractivity contribution is -0.904. The van der Waals surface area contributed by atoms with Crippen molar-refractivity contribution in [2.75, 3.05) is 33.4 Å². The number of nitrogens with one attached hydrogen (secondary N) is 1. The molecule has 1 aliphatic rings. The summed E-state index contributed by atoms with van der Waals surface area (Å²) in [4.78, 5) is 14.9. The highest BCUT2D eigenvalue weighted by molar-refractivity contribution is 5.85. The fraction of sp³-hybridized carbons (Fsp3) is 0.435. The second-order valence-corrected chi connectivity index (χ2v) is 7.26. The monoisotopic (exact) mass is 403 g/mol. The highest BCUT2D eigenvalue weighted by Crippen LogP contribution is 2.35. The molecule has 1 heterocycles. The zero-order valence-corrected chi connectivity index (χ0v) is 17.5. The summed E-state index contributed by atoms with van der Waals surface area (Å²) in [6.07, 6.45) is 2.21. The zero-order valence-electron chi connectivity index (χ0n) is 16.7. The highest BCUT2D eigenvalue weighted by Gasteiger charge is 2.44. The summed E-state index contributed by atoms with van der Waals surface area (Å²) >= 11 is 0. The van der Waals surface area contributed by atoms with E-state index in [0.29, 0.717) is 12.5 Å². The van der Waals surface area contributed by atoms with Crippen molar-refractivity contribution in [1.29, 1.82) is 0 Å². The molecule has 3 rings (SSSR count). The third-order valence-electron chi connectivity index (χ3n) is 5.72. The van der Waals surface area contributed by atoms with Gasteiger partial charge in [-0.25, -0.2) is 4.79 Å². The van der Waals surface area contributed by atoms with E-state index in [0.717, 1.165) is 37.1 Å². The number of methoxy groups -OCH3 is 1. The predicted octanol–water partition coefficient (Wildman–Crippen LogP) is -0.561. The molecule has 28 heavy (non-hydrogen) atoms. The summed E-state index contributed by atoms with van der Waals surface area (Å²) in [5.41, 5.74) is 0.334. The molecule has 0 saturated carbocycles. The first-order valence-corrected chi connectivity index (χ1v) is 9.87. The number of benzene rings is 2. The van der Waals surface area contributed by atoms with Gasteiger partial charge in [0.05, 0.1) is 26.2 Å². The molecule has 2 aromatic rings. The number of hydrogen-bond acceptors (Lipinski definition) is 3. The van der Waals surface area contributed by atoms with Crippen LogP contribution in [0.2, 0.25) is 0 Å². The molecule has 0 atom stereocenters. The molecule has 0 aliphatic carbocycles. The van der Waals surface area contributed by atoms with Crippen LogP contribution in [0.15, 0.2) is 60.7 Å². The van der Waals surface area contributed by atoms with Crippen LogP contribution in [-0.2, 0) is 19.9 Å². The molecule has 1 saturated heterocycles. The quantitative estimate of drug-likeness (QED) is 0.630. The lowest BCUT2D eigenvalue weighted by atomic mass is 9.86. The lowest BCUT2D eigenvalue weighted by Crippen LogP contribution is -3.12. The van der Waals surface area contributed by atoms with E-state index >= 15 is 0 Å². The number of carbonyl (C=O) groups is 1. The smallest absolute Gasteiger partial charge is 0.347 e. The predicted molar refractivity (Wildman–Crippen MR) is 106 cm³/mol. The minimum Gasteiger partial charge on any atom is -1.00 e. The van der Waals surface area contributed by atoms with Gasteiger partial charge in [-0.05, 0) is 18.1 Å². The van der Waals surface area contributed by atoms with Gasteiger partial charge in [-0.1, -0.05) is 60.7 Å². The Morgan fingerprint density at radius 2 is 1.50 bits per heavy atom. The van der Waals surface area contributed by atoms with Gasteiger partial charge in [-0.3, -0.25) is 0 Å². The topological polar surface area (TPSA) is 40.0 Å². The summed E-state index contributed by atoms with van der Waals surface area (Å²) in [5.74, 6) is 0.0954. The average Bonchev–Trinajstić information content (AvgIpc) is 2.75. The number of hydrogen-bond donors (Lipinski definition) is 1. The summed E-state index contributed by atoms with van der Waals surface area (Å²) in [6, 6.07) is 19.2. The van der Waals surface area contributed by atoms with Crippen LogP contribution in [0.4, 0.5) is 0 Å². The van der Waals surface area contributed by atoms with E-state index in [-0.39, 0.29) is 18.4 Å². The van der Waals surface area contributed by atoms with E-state index in [4.69, 9.17) is 9.47 Å². The Morgan fingerprint density at radius 1 is 1.00 bits per heavy atom. The summed E-state index contributed by atoms with van der Waals surface area (Å²) < 4.78 is 11.7. The zero-order chi connectivity index (χ0) is 19.1. The first-order chi connectivity index (χ1) is 13.2. The molecule has 0 radical (unpaired) electrons. The molecular weight excluding hydrogens is 374 g/mol. The van der Waals surface area contributed by atoms with E-state index in [1.54, 1.807) is 12.0 Å². The van der Waals surface area contributed by atoms with Crippen molar-refractivity contribution >= 4 is 5.97 Å². The molecule has 5 heteroatoms. The molecule has 1 N–H and O–H groups in total. The molecule has 0 amide bonds. The van der Waals surface area contributed by atoms with Crippen molar-refractivity contribution in [3.05, 3.63) is 71.8 Å². The van der Waals surface area contributed by atoms with Crippen LogP contribution < -0.4 is 17.3 Å². The number of piperidine rings is 1. The molecule has 1 fully saturated rings. The van der Waals surface area contributed by atoms with Gasteiger partial charge < -0.3 is 26.8 Å². The van der Waals surface area contributed by atoms with Crippen LogP contribution in [-0.4, -0.2) is 39.3 Å². The van der Waals surface area contributed by atoms with Crippen molar-refractivity contribution in [2.24, 2.45) is 5.92 Å². The van der Waals surface area contributed by atoms with E-state index in [1.807, 2.05) is 60.7 Å². The van der Waals surface area contributed by atoms with Gasteiger partial charge in [0.1, 0.15) is 0 Å². The maximum Gasteiger partial charge on any atom is 0.347 e.